The van der Waals surface area contributed by atoms with E-state index in [1.54, 1.807) is 0 Å². The zero-order valence-electron chi connectivity index (χ0n) is 8.92. The second kappa shape index (κ2) is 3.83. The molecule has 3 aromatic rings. The first-order valence-electron chi connectivity index (χ1n) is 5.10. The molecule has 1 aromatic carbocycles. The molecule has 0 aliphatic heterocycles. The van der Waals surface area contributed by atoms with Crippen LogP contribution in [0.3, 0.4) is 0 Å². The average molecular weight is 249 g/mol. The number of pyridine rings is 1. The molecule has 0 radical (unpaired) electrons. The maximum atomic E-state index is 13.4. The van der Waals surface area contributed by atoms with E-state index in [2.05, 4.69) is 15.0 Å². The molecule has 0 fully saturated rings. The number of H-pyrrole nitrogens is 1. The van der Waals surface area contributed by atoms with E-state index in [9.17, 15) is 13.2 Å². The Hall–Kier alpha value is -2.37. The fraction of sp³-hybridized carbons (Fsp3) is 0. The van der Waals surface area contributed by atoms with Crippen molar-refractivity contribution in [3.63, 3.8) is 0 Å². The van der Waals surface area contributed by atoms with Gasteiger partial charge in [-0.25, -0.2) is 23.1 Å². The third kappa shape index (κ3) is 1.71. The predicted molar refractivity (Wildman–Crippen MR) is 59.2 cm³/mol. The van der Waals surface area contributed by atoms with Gasteiger partial charge in [-0.3, -0.25) is 0 Å². The molecule has 3 nitrogen and oxygen atoms in total. The van der Waals surface area contributed by atoms with E-state index in [4.69, 9.17) is 0 Å². The molecule has 2 heterocycles. The molecular weight excluding hydrogens is 243 g/mol. The molecule has 0 unspecified atom stereocenters. The topological polar surface area (TPSA) is 41.6 Å². The van der Waals surface area contributed by atoms with E-state index in [0.717, 1.165) is 18.3 Å². The van der Waals surface area contributed by atoms with Crippen LogP contribution in [-0.4, -0.2) is 15.0 Å². The Morgan fingerprint density at radius 2 is 1.83 bits per heavy atom. The molecule has 0 aliphatic carbocycles. The molecule has 6 heteroatoms. The van der Waals surface area contributed by atoms with Crippen molar-refractivity contribution in [2.75, 3.05) is 0 Å². The van der Waals surface area contributed by atoms with Crippen molar-refractivity contribution in [3.8, 4) is 11.5 Å². The van der Waals surface area contributed by atoms with Gasteiger partial charge in [0.2, 0.25) is 0 Å². The minimum atomic E-state index is -0.755. The van der Waals surface area contributed by atoms with Crippen LogP contribution in [0.5, 0.6) is 0 Å². The van der Waals surface area contributed by atoms with Gasteiger partial charge in [-0.05, 0) is 18.2 Å². The van der Waals surface area contributed by atoms with Crippen LogP contribution in [0.2, 0.25) is 0 Å². The standard InChI is InChI=1S/C12H6F3N3/c13-6-1-2-9(16-5-6)12-17-10-4-7(14)3-8(15)11(10)18-12/h1-5H,(H,17,18). The van der Waals surface area contributed by atoms with Crippen LogP contribution >= 0.6 is 0 Å². The highest BCUT2D eigenvalue weighted by Gasteiger charge is 2.11. The number of aromatic amines is 1. The molecule has 2 aromatic heterocycles. The molecule has 1 N–H and O–H groups in total. The lowest BCUT2D eigenvalue weighted by atomic mass is 10.3. The number of halogens is 3. The maximum Gasteiger partial charge on any atom is 0.157 e. The number of hydrogen-bond acceptors (Lipinski definition) is 2. The lowest BCUT2D eigenvalue weighted by Crippen LogP contribution is -1.86. The van der Waals surface area contributed by atoms with Crippen LogP contribution in [0.1, 0.15) is 0 Å². The Balaban J connectivity index is 2.19. The van der Waals surface area contributed by atoms with Crippen molar-refractivity contribution in [3.05, 3.63) is 47.9 Å². The van der Waals surface area contributed by atoms with Gasteiger partial charge in [-0.15, -0.1) is 0 Å². The van der Waals surface area contributed by atoms with Crippen molar-refractivity contribution in [1.29, 1.82) is 0 Å². The van der Waals surface area contributed by atoms with Gasteiger partial charge in [-0.2, -0.15) is 0 Å². The van der Waals surface area contributed by atoms with Crippen molar-refractivity contribution >= 4 is 11.0 Å². The molecule has 3 rings (SSSR count). The molecule has 0 aliphatic rings. The number of rotatable bonds is 1. The largest absolute Gasteiger partial charge is 0.336 e. The van der Waals surface area contributed by atoms with Gasteiger partial charge in [0, 0.05) is 6.07 Å². The number of nitrogens with zero attached hydrogens (tertiary/aromatic N) is 2. The van der Waals surface area contributed by atoms with Crippen LogP contribution in [0.4, 0.5) is 13.2 Å². The summed E-state index contributed by atoms with van der Waals surface area (Å²) in [5.74, 6) is -1.67. The fourth-order valence-corrected chi connectivity index (χ4v) is 1.68. The Labute approximate surface area is 99.3 Å². The Morgan fingerprint density at radius 1 is 1.00 bits per heavy atom. The molecule has 0 bridgehead atoms. The number of aromatic nitrogens is 3. The van der Waals surface area contributed by atoms with Gasteiger partial charge < -0.3 is 4.98 Å². The Bertz CT molecular complexity index is 719. The van der Waals surface area contributed by atoms with Gasteiger partial charge in [0.1, 0.15) is 22.8 Å². The third-order valence-electron chi connectivity index (χ3n) is 2.47. The quantitative estimate of drug-likeness (QED) is 0.720. The van der Waals surface area contributed by atoms with Crippen molar-refractivity contribution in [2.24, 2.45) is 0 Å². The summed E-state index contributed by atoms with van der Waals surface area (Å²) in [5, 5.41) is 0. The summed E-state index contributed by atoms with van der Waals surface area (Å²) in [6, 6.07) is 4.51. The van der Waals surface area contributed by atoms with E-state index >= 15 is 0 Å². The van der Waals surface area contributed by atoms with Gasteiger partial charge in [0.15, 0.2) is 11.6 Å². The first-order chi connectivity index (χ1) is 8.63. The monoisotopic (exact) mass is 249 g/mol. The Morgan fingerprint density at radius 3 is 2.56 bits per heavy atom. The highest BCUT2D eigenvalue weighted by Crippen LogP contribution is 2.22. The summed E-state index contributed by atoms with van der Waals surface area (Å²) in [6.07, 6.45) is 1.03. The first kappa shape index (κ1) is 10.8. The second-order valence-corrected chi connectivity index (χ2v) is 3.73. The molecule has 0 saturated carbocycles. The minimum Gasteiger partial charge on any atom is -0.336 e. The van der Waals surface area contributed by atoms with E-state index in [1.165, 1.54) is 12.1 Å². The normalized spacial score (nSPS) is 11.1. The van der Waals surface area contributed by atoms with E-state index in [-0.39, 0.29) is 16.9 Å². The van der Waals surface area contributed by atoms with Crippen LogP contribution < -0.4 is 0 Å². The number of hydrogen-bond donors (Lipinski definition) is 1. The SMILES string of the molecule is Fc1ccc(-c2nc3c(F)cc(F)cc3[nH]2)nc1. The number of nitrogens with one attached hydrogen (secondary N) is 1. The smallest absolute Gasteiger partial charge is 0.157 e. The van der Waals surface area contributed by atoms with Crippen LogP contribution in [0.15, 0.2) is 30.5 Å². The summed E-state index contributed by atoms with van der Waals surface area (Å²) < 4.78 is 39.2. The van der Waals surface area contributed by atoms with Gasteiger partial charge in [0.05, 0.1) is 11.7 Å². The van der Waals surface area contributed by atoms with Crippen LogP contribution in [-0.2, 0) is 0 Å². The predicted octanol–water partition coefficient (Wildman–Crippen LogP) is 3.04. The van der Waals surface area contributed by atoms with E-state index in [0.29, 0.717) is 5.69 Å². The summed E-state index contributed by atoms with van der Waals surface area (Å²) in [4.78, 5) is 10.5. The van der Waals surface area contributed by atoms with E-state index in [1.807, 2.05) is 0 Å². The molecule has 0 atom stereocenters. The minimum absolute atomic E-state index is 0.0255. The average Bonchev–Trinajstić information content (AvgIpc) is 2.74. The summed E-state index contributed by atoms with van der Waals surface area (Å²) >= 11 is 0. The van der Waals surface area contributed by atoms with Crippen LogP contribution in [0, 0.1) is 17.5 Å². The van der Waals surface area contributed by atoms with Gasteiger partial charge in [0.25, 0.3) is 0 Å². The van der Waals surface area contributed by atoms with Crippen LogP contribution in [0.25, 0.3) is 22.6 Å². The van der Waals surface area contributed by atoms with Crippen molar-refractivity contribution < 1.29 is 13.2 Å². The maximum absolute atomic E-state index is 13.4. The highest BCUT2D eigenvalue weighted by atomic mass is 19.1. The summed E-state index contributed by atoms with van der Waals surface area (Å²) in [6.45, 7) is 0. The summed E-state index contributed by atoms with van der Waals surface area (Å²) in [5.41, 5.74) is 0.610. The van der Waals surface area contributed by atoms with Crippen molar-refractivity contribution in [2.45, 2.75) is 0 Å². The number of benzene rings is 1. The molecular formula is C12H6F3N3. The lowest BCUT2D eigenvalue weighted by molar-refractivity contribution is 0.590. The molecule has 90 valence electrons. The van der Waals surface area contributed by atoms with E-state index < -0.39 is 17.5 Å². The second-order valence-electron chi connectivity index (χ2n) is 3.73. The third-order valence-corrected chi connectivity index (χ3v) is 2.47. The number of fused-ring (bicyclic) bond motifs is 1. The zero-order chi connectivity index (χ0) is 12.7. The number of imidazole rings is 1. The van der Waals surface area contributed by atoms with Gasteiger partial charge >= 0.3 is 0 Å². The lowest BCUT2D eigenvalue weighted by Gasteiger charge is -1.93. The molecule has 0 spiro atoms. The van der Waals surface area contributed by atoms with Gasteiger partial charge in [-0.1, -0.05) is 0 Å². The molecule has 0 saturated heterocycles. The highest BCUT2D eigenvalue weighted by molar-refractivity contribution is 5.79. The zero-order valence-corrected chi connectivity index (χ0v) is 8.92. The molecule has 0 amide bonds. The first-order valence-corrected chi connectivity index (χ1v) is 5.10. The Kier molecular flexibility index (Phi) is 2.29. The van der Waals surface area contributed by atoms with Crippen molar-refractivity contribution in [1.82, 2.24) is 15.0 Å². The fourth-order valence-electron chi connectivity index (χ4n) is 1.68. The molecule has 18 heavy (non-hydrogen) atoms. The summed E-state index contributed by atoms with van der Waals surface area (Å²) in [7, 11) is 0.